The van der Waals surface area contributed by atoms with Crippen LogP contribution in [0.1, 0.15) is 21.6 Å². The van der Waals surface area contributed by atoms with Crippen molar-refractivity contribution in [1.82, 2.24) is 4.98 Å². The van der Waals surface area contributed by atoms with Gasteiger partial charge in [-0.25, -0.2) is 4.98 Å². The normalized spacial score (nSPS) is 10.4. The Bertz CT molecular complexity index is 875. The minimum absolute atomic E-state index is 0.146. The van der Waals surface area contributed by atoms with Crippen LogP contribution in [0, 0.1) is 0 Å². The van der Waals surface area contributed by atoms with Crippen LogP contribution in [0.25, 0.3) is 0 Å². The summed E-state index contributed by atoms with van der Waals surface area (Å²) in [6.45, 7) is 0. The number of amides is 1. The zero-order valence-electron chi connectivity index (χ0n) is 15.1. The van der Waals surface area contributed by atoms with E-state index in [4.69, 9.17) is 9.47 Å². The lowest BCUT2D eigenvalue weighted by Gasteiger charge is -2.08. The first-order chi connectivity index (χ1) is 13.2. The number of carbonyl (C=O) groups excluding carboxylic acids is 1. The molecule has 0 unspecified atom stereocenters. The van der Waals surface area contributed by atoms with Gasteiger partial charge in [-0.15, -0.1) is 11.3 Å². The van der Waals surface area contributed by atoms with E-state index >= 15 is 0 Å². The first kappa shape index (κ1) is 19.3. The Morgan fingerprint density at radius 3 is 2.44 bits per heavy atom. The molecule has 0 aliphatic heterocycles. The van der Waals surface area contributed by atoms with Gasteiger partial charge in [0.1, 0.15) is 11.5 Å². The van der Waals surface area contributed by atoms with Crippen LogP contribution in [0.2, 0.25) is 0 Å². The van der Waals surface area contributed by atoms with Crippen molar-refractivity contribution in [1.29, 1.82) is 0 Å². The number of thioether (sulfide) groups is 1. The molecule has 0 saturated carbocycles. The Labute approximate surface area is 166 Å². The number of nitrogens with zero attached hydrogens (tertiary/aromatic N) is 1. The molecule has 0 aliphatic rings. The third kappa shape index (κ3) is 5.48. The average molecular weight is 401 g/mol. The molecule has 1 N–H and O–H groups in total. The van der Waals surface area contributed by atoms with E-state index in [9.17, 15) is 4.79 Å². The number of carbonyl (C=O) groups is 1. The monoisotopic (exact) mass is 400 g/mol. The van der Waals surface area contributed by atoms with Gasteiger partial charge in [-0.2, -0.15) is 11.8 Å². The third-order valence-corrected chi connectivity index (χ3v) is 5.58. The number of ether oxygens (including phenoxy) is 2. The molecule has 140 valence electrons. The smallest absolute Gasteiger partial charge is 0.257 e. The first-order valence-electron chi connectivity index (χ1n) is 8.28. The molecule has 0 radical (unpaired) electrons. The van der Waals surface area contributed by atoms with Crippen molar-refractivity contribution in [3.63, 3.8) is 0 Å². The summed E-state index contributed by atoms with van der Waals surface area (Å²) in [5.41, 5.74) is 2.70. The largest absolute Gasteiger partial charge is 0.497 e. The zero-order chi connectivity index (χ0) is 19.1. The van der Waals surface area contributed by atoms with E-state index in [2.05, 4.69) is 10.3 Å². The average Bonchev–Trinajstić information content (AvgIpc) is 3.15. The van der Waals surface area contributed by atoms with Gasteiger partial charge >= 0.3 is 0 Å². The first-order valence-corrected chi connectivity index (χ1v) is 10.3. The minimum atomic E-state index is -0.146. The van der Waals surface area contributed by atoms with Crippen LogP contribution in [-0.4, -0.2) is 25.1 Å². The number of anilines is 1. The second-order valence-electron chi connectivity index (χ2n) is 5.68. The Morgan fingerprint density at radius 1 is 1.07 bits per heavy atom. The zero-order valence-corrected chi connectivity index (χ0v) is 16.7. The summed E-state index contributed by atoms with van der Waals surface area (Å²) in [7, 11) is 3.29. The number of rotatable bonds is 8. The van der Waals surface area contributed by atoms with Crippen LogP contribution in [0.5, 0.6) is 11.5 Å². The van der Waals surface area contributed by atoms with E-state index in [1.807, 2.05) is 41.8 Å². The Kier molecular flexibility index (Phi) is 6.73. The number of aromatic nitrogens is 1. The standard InChI is InChI=1S/C20H20N2O3S2/c1-24-17-8-14(9-18(10-17)25-2)11-26-12-16-13-27-20(21-16)22-19(23)15-6-4-3-5-7-15/h3-10,13H,11-12H2,1-2H3,(H,21,22,23). The summed E-state index contributed by atoms with van der Waals surface area (Å²) >= 11 is 3.18. The topological polar surface area (TPSA) is 60.5 Å². The number of benzene rings is 2. The highest BCUT2D eigenvalue weighted by Gasteiger charge is 2.09. The highest BCUT2D eigenvalue weighted by molar-refractivity contribution is 7.97. The molecule has 7 heteroatoms. The summed E-state index contributed by atoms with van der Waals surface area (Å²) in [5, 5.41) is 5.43. The lowest BCUT2D eigenvalue weighted by Crippen LogP contribution is -2.11. The van der Waals surface area contributed by atoms with Gasteiger partial charge in [0.2, 0.25) is 0 Å². The Hall–Kier alpha value is -2.51. The van der Waals surface area contributed by atoms with Crippen molar-refractivity contribution in [2.45, 2.75) is 11.5 Å². The maximum atomic E-state index is 12.2. The van der Waals surface area contributed by atoms with Crippen LogP contribution >= 0.6 is 23.1 Å². The summed E-state index contributed by atoms with van der Waals surface area (Å²) in [5.74, 6) is 3.00. The maximum absolute atomic E-state index is 12.2. The fourth-order valence-corrected chi connectivity index (χ4v) is 4.08. The van der Waals surface area contributed by atoms with Crippen LogP contribution < -0.4 is 14.8 Å². The van der Waals surface area contributed by atoms with E-state index in [0.29, 0.717) is 10.7 Å². The van der Waals surface area contributed by atoms with Crippen molar-refractivity contribution in [3.8, 4) is 11.5 Å². The number of nitrogens with one attached hydrogen (secondary N) is 1. The summed E-state index contributed by atoms with van der Waals surface area (Å²) in [6.07, 6.45) is 0. The molecule has 1 heterocycles. The van der Waals surface area contributed by atoms with Gasteiger partial charge in [-0.1, -0.05) is 18.2 Å². The summed E-state index contributed by atoms with van der Waals surface area (Å²) in [6, 6.07) is 15.0. The molecule has 0 fully saturated rings. The van der Waals surface area contributed by atoms with Crippen molar-refractivity contribution in [3.05, 3.63) is 70.7 Å². The number of hydrogen-bond acceptors (Lipinski definition) is 6. The molecule has 0 bridgehead atoms. The molecule has 0 atom stereocenters. The summed E-state index contributed by atoms with van der Waals surface area (Å²) < 4.78 is 10.6. The fourth-order valence-electron chi connectivity index (χ4n) is 2.41. The lowest BCUT2D eigenvalue weighted by molar-refractivity contribution is 0.102. The van der Waals surface area contributed by atoms with E-state index < -0.39 is 0 Å². The van der Waals surface area contributed by atoms with E-state index in [-0.39, 0.29) is 5.91 Å². The number of methoxy groups -OCH3 is 2. The molecule has 0 saturated heterocycles. The van der Waals surface area contributed by atoms with Gasteiger partial charge in [0, 0.05) is 28.5 Å². The van der Waals surface area contributed by atoms with Crippen molar-refractivity contribution < 1.29 is 14.3 Å². The Morgan fingerprint density at radius 2 is 1.78 bits per heavy atom. The molecular formula is C20H20N2O3S2. The molecule has 2 aromatic carbocycles. The Balaban J connectivity index is 1.53. The molecule has 0 spiro atoms. The molecule has 27 heavy (non-hydrogen) atoms. The van der Waals surface area contributed by atoms with Gasteiger partial charge in [-0.05, 0) is 29.8 Å². The lowest BCUT2D eigenvalue weighted by atomic mass is 10.2. The van der Waals surface area contributed by atoms with Crippen LogP contribution in [0.15, 0.2) is 53.9 Å². The predicted molar refractivity (Wildman–Crippen MR) is 111 cm³/mol. The molecule has 1 amide bonds. The van der Waals surface area contributed by atoms with Crippen LogP contribution in [0.3, 0.4) is 0 Å². The van der Waals surface area contributed by atoms with Crippen LogP contribution in [0.4, 0.5) is 5.13 Å². The van der Waals surface area contributed by atoms with Gasteiger partial charge in [0.15, 0.2) is 5.13 Å². The molecule has 0 aliphatic carbocycles. The van der Waals surface area contributed by atoms with Gasteiger partial charge in [0.25, 0.3) is 5.91 Å². The van der Waals surface area contributed by atoms with E-state index in [1.165, 1.54) is 11.3 Å². The van der Waals surface area contributed by atoms with Crippen molar-refractivity contribution in [2.75, 3.05) is 19.5 Å². The predicted octanol–water partition coefficient (Wildman–Crippen LogP) is 4.85. The second kappa shape index (κ2) is 9.43. The quantitative estimate of drug-likeness (QED) is 0.586. The van der Waals surface area contributed by atoms with Gasteiger partial charge in [0.05, 0.1) is 19.9 Å². The minimum Gasteiger partial charge on any atom is -0.497 e. The molecule has 1 aromatic heterocycles. The SMILES string of the molecule is COc1cc(CSCc2csc(NC(=O)c3ccccc3)n2)cc(OC)c1. The fraction of sp³-hybridized carbons (Fsp3) is 0.200. The molecule has 3 rings (SSSR count). The van der Waals surface area contributed by atoms with Crippen LogP contribution in [-0.2, 0) is 11.5 Å². The van der Waals surface area contributed by atoms with E-state index in [1.54, 1.807) is 38.1 Å². The van der Waals surface area contributed by atoms with Crippen molar-refractivity contribution >= 4 is 34.1 Å². The molecular weight excluding hydrogens is 380 g/mol. The van der Waals surface area contributed by atoms with Gasteiger partial charge < -0.3 is 9.47 Å². The number of thiazole rings is 1. The van der Waals surface area contributed by atoms with E-state index in [0.717, 1.165) is 34.3 Å². The third-order valence-electron chi connectivity index (χ3n) is 3.74. The number of hydrogen-bond donors (Lipinski definition) is 1. The second-order valence-corrected chi connectivity index (χ2v) is 7.52. The molecule has 3 aromatic rings. The molecule has 5 nitrogen and oxygen atoms in total. The maximum Gasteiger partial charge on any atom is 0.257 e. The highest BCUT2D eigenvalue weighted by Crippen LogP contribution is 2.27. The highest BCUT2D eigenvalue weighted by atomic mass is 32.2. The van der Waals surface area contributed by atoms with Crippen molar-refractivity contribution in [2.24, 2.45) is 0 Å². The van der Waals surface area contributed by atoms with Gasteiger partial charge in [-0.3, -0.25) is 10.1 Å². The summed E-state index contributed by atoms with van der Waals surface area (Å²) in [4.78, 5) is 16.7.